The molecular formula is C17H16N2. The van der Waals surface area contributed by atoms with Crippen molar-refractivity contribution in [1.82, 2.24) is 0 Å². The maximum atomic E-state index is 3.19. The van der Waals surface area contributed by atoms with E-state index in [1.165, 1.54) is 5.56 Å². The first-order valence-corrected chi connectivity index (χ1v) is 6.44. The van der Waals surface area contributed by atoms with Crippen molar-refractivity contribution in [1.29, 1.82) is 0 Å². The summed E-state index contributed by atoms with van der Waals surface area (Å²) in [6, 6.07) is 18.5. The van der Waals surface area contributed by atoms with Crippen molar-refractivity contribution in [3.8, 4) is 0 Å². The van der Waals surface area contributed by atoms with Gasteiger partial charge in [0.15, 0.2) is 0 Å². The number of anilines is 2. The summed E-state index contributed by atoms with van der Waals surface area (Å²) >= 11 is 0. The first-order chi connectivity index (χ1) is 9.42. The van der Waals surface area contributed by atoms with E-state index in [9.17, 15) is 0 Å². The quantitative estimate of drug-likeness (QED) is 0.787. The fraction of sp³-hybridized carbons (Fsp3) is 0.0588. The van der Waals surface area contributed by atoms with Crippen molar-refractivity contribution in [2.75, 3.05) is 10.9 Å². The van der Waals surface area contributed by atoms with Gasteiger partial charge in [-0.2, -0.15) is 0 Å². The summed E-state index contributed by atoms with van der Waals surface area (Å²) in [7, 11) is 0. The summed E-state index contributed by atoms with van der Waals surface area (Å²) < 4.78 is 0. The Bertz CT molecular complexity index is 570. The minimum Gasteiger partial charge on any atom is -0.301 e. The molecule has 0 aromatic heterocycles. The highest BCUT2D eigenvalue weighted by molar-refractivity contribution is 5.53. The molecule has 0 radical (unpaired) electrons. The van der Waals surface area contributed by atoms with Gasteiger partial charge < -0.3 is 10.9 Å². The first kappa shape index (κ1) is 11.6. The topological polar surface area (TPSA) is 24.1 Å². The second kappa shape index (κ2) is 5.44. The molecule has 2 aromatic carbocycles. The predicted molar refractivity (Wildman–Crippen MR) is 81.2 cm³/mol. The van der Waals surface area contributed by atoms with Gasteiger partial charge in [0.1, 0.15) is 0 Å². The van der Waals surface area contributed by atoms with Crippen molar-refractivity contribution >= 4 is 11.4 Å². The van der Waals surface area contributed by atoms with E-state index in [1.807, 2.05) is 30.3 Å². The summed E-state index contributed by atoms with van der Waals surface area (Å²) in [5, 5.41) is 0. The van der Waals surface area contributed by atoms with E-state index in [1.54, 1.807) is 0 Å². The van der Waals surface area contributed by atoms with Crippen LogP contribution in [0.3, 0.4) is 0 Å². The highest BCUT2D eigenvalue weighted by Crippen LogP contribution is 2.24. The Balaban J connectivity index is 1.63. The zero-order valence-electron chi connectivity index (χ0n) is 10.6. The lowest BCUT2D eigenvalue weighted by Gasteiger charge is -2.11. The molecule has 0 saturated heterocycles. The Morgan fingerprint density at radius 1 is 0.632 bits per heavy atom. The predicted octanol–water partition coefficient (Wildman–Crippen LogP) is 4.34. The molecule has 1 aliphatic carbocycles. The molecule has 94 valence electrons. The summed E-state index contributed by atoms with van der Waals surface area (Å²) in [5.74, 6) is 0.427. The molecule has 0 amide bonds. The van der Waals surface area contributed by atoms with Crippen molar-refractivity contribution in [3.05, 3.63) is 84.5 Å². The molecule has 0 fully saturated rings. The largest absolute Gasteiger partial charge is 0.301 e. The van der Waals surface area contributed by atoms with Gasteiger partial charge in [-0.3, -0.25) is 0 Å². The van der Waals surface area contributed by atoms with E-state index < -0.39 is 0 Å². The Hall–Kier alpha value is -2.48. The molecule has 0 spiro atoms. The van der Waals surface area contributed by atoms with Crippen molar-refractivity contribution in [3.63, 3.8) is 0 Å². The van der Waals surface area contributed by atoms with E-state index in [4.69, 9.17) is 0 Å². The van der Waals surface area contributed by atoms with Gasteiger partial charge in [0, 0.05) is 5.92 Å². The van der Waals surface area contributed by atoms with Crippen LogP contribution in [0.25, 0.3) is 0 Å². The molecule has 0 bridgehead atoms. The zero-order chi connectivity index (χ0) is 12.9. The maximum Gasteiger partial charge on any atom is 0.0540 e. The van der Waals surface area contributed by atoms with Crippen LogP contribution in [0.2, 0.25) is 0 Å². The zero-order valence-corrected chi connectivity index (χ0v) is 10.6. The average Bonchev–Trinajstić information content (AvgIpc) is 3.01. The van der Waals surface area contributed by atoms with Crippen LogP contribution in [0.4, 0.5) is 11.4 Å². The van der Waals surface area contributed by atoms with Crippen molar-refractivity contribution in [2.24, 2.45) is 0 Å². The molecule has 2 nitrogen and oxygen atoms in total. The molecule has 19 heavy (non-hydrogen) atoms. The summed E-state index contributed by atoms with van der Waals surface area (Å²) in [6.45, 7) is 0. The summed E-state index contributed by atoms with van der Waals surface area (Å²) in [4.78, 5) is 0. The summed E-state index contributed by atoms with van der Waals surface area (Å²) in [6.07, 6.45) is 8.58. The summed E-state index contributed by atoms with van der Waals surface area (Å²) in [5.41, 5.74) is 9.78. The van der Waals surface area contributed by atoms with E-state index >= 15 is 0 Å². The average molecular weight is 248 g/mol. The maximum absolute atomic E-state index is 3.19. The van der Waals surface area contributed by atoms with Crippen LogP contribution >= 0.6 is 0 Å². The van der Waals surface area contributed by atoms with Gasteiger partial charge in [0.05, 0.1) is 11.4 Å². The number of rotatable bonds is 4. The highest BCUT2D eigenvalue weighted by Gasteiger charge is 2.06. The molecule has 2 N–H and O–H groups in total. The molecule has 2 aromatic rings. The number of hydrogen-bond donors (Lipinski definition) is 2. The van der Waals surface area contributed by atoms with Gasteiger partial charge in [0.2, 0.25) is 0 Å². The smallest absolute Gasteiger partial charge is 0.0540 e. The van der Waals surface area contributed by atoms with E-state index in [-0.39, 0.29) is 0 Å². The molecule has 0 unspecified atom stereocenters. The van der Waals surface area contributed by atoms with Gasteiger partial charge in [-0.05, 0) is 29.8 Å². The Kier molecular flexibility index (Phi) is 3.32. The van der Waals surface area contributed by atoms with Gasteiger partial charge in [-0.1, -0.05) is 54.6 Å². The van der Waals surface area contributed by atoms with E-state index in [0.717, 1.165) is 11.4 Å². The Labute approximate surface area is 113 Å². The number of para-hydroxylation sites is 1. The van der Waals surface area contributed by atoms with Crippen LogP contribution in [0.1, 0.15) is 11.5 Å². The van der Waals surface area contributed by atoms with Crippen LogP contribution < -0.4 is 10.9 Å². The SMILES string of the molecule is C1=CC(c2ccc(NNc3ccccc3)cc2)C=C1. The van der Waals surface area contributed by atoms with Crippen molar-refractivity contribution < 1.29 is 0 Å². The fourth-order valence-corrected chi connectivity index (χ4v) is 2.11. The Morgan fingerprint density at radius 3 is 1.84 bits per heavy atom. The molecule has 0 saturated carbocycles. The third-order valence-electron chi connectivity index (χ3n) is 3.17. The molecule has 2 heteroatoms. The van der Waals surface area contributed by atoms with Crippen LogP contribution in [0.15, 0.2) is 78.9 Å². The van der Waals surface area contributed by atoms with Crippen LogP contribution in [0, 0.1) is 0 Å². The van der Waals surface area contributed by atoms with Gasteiger partial charge >= 0.3 is 0 Å². The third kappa shape index (κ3) is 2.86. The molecule has 0 atom stereocenters. The van der Waals surface area contributed by atoms with E-state index in [0.29, 0.717) is 5.92 Å². The van der Waals surface area contributed by atoms with E-state index in [2.05, 4.69) is 59.4 Å². The number of nitrogens with one attached hydrogen (secondary N) is 2. The molecule has 0 heterocycles. The first-order valence-electron chi connectivity index (χ1n) is 6.44. The molecule has 3 rings (SSSR count). The van der Waals surface area contributed by atoms with Crippen LogP contribution in [-0.4, -0.2) is 0 Å². The van der Waals surface area contributed by atoms with Crippen molar-refractivity contribution in [2.45, 2.75) is 5.92 Å². The lowest BCUT2D eigenvalue weighted by Crippen LogP contribution is -2.08. The highest BCUT2D eigenvalue weighted by atomic mass is 15.4. The number of benzene rings is 2. The standard InChI is InChI=1S/C17H16N2/c1-2-8-16(9-3-1)18-19-17-12-10-15(11-13-17)14-6-4-5-7-14/h1-14,18-19H. The van der Waals surface area contributed by atoms with Crippen LogP contribution in [0.5, 0.6) is 0 Å². The van der Waals surface area contributed by atoms with Gasteiger partial charge in [-0.25, -0.2) is 0 Å². The number of hydrazine groups is 1. The second-order valence-electron chi connectivity index (χ2n) is 4.53. The fourth-order valence-electron chi connectivity index (χ4n) is 2.11. The Morgan fingerprint density at radius 2 is 1.21 bits per heavy atom. The lowest BCUT2D eigenvalue weighted by atomic mass is 10.0. The number of hydrogen-bond acceptors (Lipinski definition) is 2. The molecular weight excluding hydrogens is 232 g/mol. The van der Waals surface area contributed by atoms with Gasteiger partial charge in [0.25, 0.3) is 0 Å². The second-order valence-corrected chi connectivity index (χ2v) is 4.53. The minimum atomic E-state index is 0.427. The minimum absolute atomic E-state index is 0.427. The monoisotopic (exact) mass is 248 g/mol. The third-order valence-corrected chi connectivity index (χ3v) is 3.17. The normalized spacial score (nSPS) is 13.7. The number of allylic oxidation sites excluding steroid dienone is 4. The molecule has 0 aliphatic heterocycles. The lowest BCUT2D eigenvalue weighted by molar-refractivity contribution is 1.10. The van der Waals surface area contributed by atoms with Crippen LogP contribution in [-0.2, 0) is 0 Å². The molecule has 1 aliphatic rings. The van der Waals surface area contributed by atoms with Gasteiger partial charge in [-0.15, -0.1) is 0 Å².